The lowest BCUT2D eigenvalue weighted by Gasteiger charge is -2.30. The Morgan fingerprint density at radius 1 is 1.39 bits per heavy atom. The van der Waals surface area contributed by atoms with Gasteiger partial charge in [0.2, 0.25) is 0 Å². The van der Waals surface area contributed by atoms with E-state index in [9.17, 15) is 27.5 Å². The fraction of sp³-hybridized carbons (Fsp3) is 0.450. The number of hydrogen-bond acceptors (Lipinski definition) is 4. The first-order valence-electron chi connectivity index (χ1n) is 9.60. The van der Waals surface area contributed by atoms with Crippen LogP contribution in [0, 0.1) is 11.7 Å². The highest BCUT2D eigenvalue weighted by molar-refractivity contribution is 6.30. The lowest BCUT2D eigenvalue weighted by atomic mass is 10.0. The van der Waals surface area contributed by atoms with Crippen molar-refractivity contribution in [1.29, 1.82) is 0 Å². The van der Waals surface area contributed by atoms with Crippen molar-refractivity contribution in [3.05, 3.63) is 57.9 Å². The fourth-order valence-corrected chi connectivity index (χ4v) is 3.33. The molecule has 1 aromatic heterocycles. The fourth-order valence-electron chi connectivity index (χ4n) is 3.21. The van der Waals surface area contributed by atoms with Crippen LogP contribution in [0.3, 0.4) is 0 Å². The molecule has 2 amide bonds. The number of aliphatic hydroxyl groups excluding tert-OH is 1. The number of hydrogen-bond donors (Lipinski definition) is 2. The quantitative estimate of drug-likeness (QED) is 0.665. The van der Waals surface area contributed by atoms with Gasteiger partial charge in [-0.25, -0.2) is 19.2 Å². The number of amides is 2. The minimum absolute atomic E-state index is 0.0655. The Balaban J connectivity index is 1.69. The molecule has 0 saturated carbocycles. The largest absolute Gasteiger partial charge is 0.394 e. The van der Waals surface area contributed by atoms with Gasteiger partial charge < -0.3 is 15.3 Å². The van der Waals surface area contributed by atoms with Crippen LogP contribution in [0.5, 0.6) is 0 Å². The number of carbonyl (C=O) groups excluding carboxylic acids is 1. The molecule has 2 heterocycles. The Morgan fingerprint density at radius 2 is 2.13 bits per heavy atom. The predicted octanol–water partition coefficient (Wildman–Crippen LogP) is 3.81. The lowest BCUT2D eigenvalue weighted by Crippen LogP contribution is -2.45. The van der Waals surface area contributed by atoms with Crippen LogP contribution in [0.2, 0.25) is 5.02 Å². The summed E-state index contributed by atoms with van der Waals surface area (Å²) >= 11 is 5.67. The number of aromatic nitrogens is 2. The first kappa shape index (κ1) is 23.2. The SMILES string of the molecule is C[C@H](Cc1ncc2c(n1)CN(C(=O)N[C@H](CO)c1ccc(Cl)c(F)c1)CC2)C(F)(F)F. The lowest BCUT2D eigenvalue weighted by molar-refractivity contribution is -0.169. The number of benzene rings is 1. The van der Waals surface area contributed by atoms with Gasteiger partial charge in [-0.2, -0.15) is 13.2 Å². The summed E-state index contributed by atoms with van der Waals surface area (Å²) < 4.78 is 52.2. The first-order valence-corrected chi connectivity index (χ1v) is 9.98. The first-order chi connectivity index (χ1) is 14.6. The van der Waals surface area contributed by atoms with Crippen molar-refractivity contribution in [2.24, 2.45) is 5.92 Å². The number of carbonyl (C=O) groups is 1. The smallest absolute Gasteiger partial charge is 0.391 e. The number of alkyl halides is 3. The van der Waals surface area contributed by atoms with E-state index in [1.54, 1.807) is 0 Å². The third-order valence-electron chi connectivity index (χ3n) is 5.16. The van der Waals surface area contributed by atoms with Crippen molar-refractivity contribution in [3.8, 4) is 0 Å². The molecule has 0 unspecified atom stereocenters. The maximum atomic E-state index is 13.7. The Labute approximate surface area is 181 Å². The molecule has 0 spiro atoms. The molecule has 0 aliphatic carbocycles. The molecule has 2 atom stereocenters. The van der Waals surface area contributed by atoms with Gasteiger partial charge in [0.1, 0.15) is 11.6 Å². The number of nitrogens with one attached hydrogen (secondary N) is 1. The number of halogens is 5. The zero-order valence-corrected chi connectivity index (χ0v) is 17.3. The third kappa shape index (κ3) is 5.62. The summed E-state index contributed by atoms with van der Waals surface area (Å²) in [5.74, 6) is -2.19. The van der Waals surface area contributed by atoms with Crippen molar-refractivity contribution in [2.45, 2.75) is 38.5 Å². The van der Waals surface area contributed by atoms with E-state index >= 15 is 0 Å². The van der Waals surface area contributed by atoms with Gasteiger partial charge in [-0.15, -0.1) is 0 Å². The monoisotopic (exact) mass is 460 g/mol. The highest BCUT2D eigenvalue weighted by Gasteiger charge is 2.36. The maximum absolute atomic E-state index is 13.7. The minimum Gasteiger partial charge on any atom is -0.394 e. The van der Waals surface area contributed by atoms with Crippen LogP contribution in [0.1, 0.15) is 35.6 Å². The van der Waals surface area contributed by atoms with E-state index in [-0.39, 0.29) is 23.8 Å². The van der Waals surface area contributed by atoms with Gasteiger partial charge in [-0.3, -0.25) is 0 Å². The highest BCUT2D eigenvalue weighted by Crippen LogP contribution is 2.28. The van der Waals surface area contributed by atoms with E-state index in [2.05, 4.69) is 15.3 Å². The van der Waals surface area contributed by atoms with Crippen molar-refractivity contribution >= 4 is 17.6 Å². The van der Waals surface area contributed by atoms with Crippen LogP contribution in [0.4, 0.5) is 22.4 Å². The predicted molar refractivity (Wildman–Crippen MR) is 105 cm³/mol. The average Bonchev–Trinajstić information content (AvgIpc) is 2.72. The molecule has 168 valence electrons. The molecule has 0 fully saturated rings. The number of nitrogens with zero attached hydrogens (tertiary/aromatic N) is 3. The van der Waals surface area contributed by atoms with E-state index < -0.39 is 36.6 Å². The second-order valence-electron chi connectivity index (χ2n) is 7.43. The van der Waals surface area contributed by atoms with Crippen LogP contribution in [0.25, 0.3) is 0 Å². The maximum Gasteiger partial charge on any atom is 0.391 e. The molecule has 11 heteroatoms. The van der Waals surface area contributed by atoms with Crippen molar-refractivity contribution in [3.63, 3.8) is 0 Å². The van der Waals surface area contributed by atoms with Crippen molar-refractivity contribution < 1.29 is 27.5 Å². The van der Waals surface area contributed by atoms with Crippen LogP contribution in [0.15, 0.2) is 24.4 Å². The zero-order chi connectivity index (χ0) is 22.8. The molecule has 2 N–H and O–H groups in total. The molecule has 1 aliphatic heterocycles. The molecular weight excluding hydrogens is 440 g/mol. The number of urea groups is 1. The summed E-state index contributed by atoms with van der Waals surface area (Å²) in [6, 6.07) is 2.60. The average molecular weight is 461 g/mol. The highest BCUT2D eigenvalue weighted by atomic mass is 35.5. The van der Waals surface area contributed by atoms with Gasteiger partial charge in [-0.1, -0.05) is 24.6 Å². The summed E-state index contributed by atoms with van der Waals surface area (Å²) in [6.45, 7) is 1.04. The van der Waals surface area contributed by atoms with E-state index in [4.69, 9.17) is 11.6 Å². The summed E-state index contributed by atoms with van der Waals surface area (Å²) in [4.78, 5) is 22.4. The molecular formula is C20H21ClF4N4O2. The van der Waals surface area contributed by atoms with E-state index in [1.165, 1.54) is 23.2 Å². The van der Waals surface area contributed by atoms with Crippen molar-refractivity contribution in [1.82, 2.24) is 20.2 Å². The summed E-state index contributed by atoms with van der Waals surface area (Å²) in [6.07, 6.45) is -2.75. The molecule has 1 aromatic carbocycles. The number of rotatable bonds is 5. The van der Waals surface area contributed by atoms with Crippen LogP contribution < -0.4 is 5.32 Å². The number of fused-ring (bicyclic) bond motifs is 1. The van der Waals surface area contributed by atoms with Crippen LogP contribution in [-0.4, -0.2) is 45.3 Å². The molecule has 1 aliphatic rings. The standard InChI is InChI=1S/C20H21ClF4N4O2/c1-11(20(23,24)25)6-18-26-8-13-4-5-29(9-16(13)27-18)19(31)28-17(10-30)12-2-3-14(21)15(22)7-12/h2-3,7-8,11,17,30H,4-6,9-10H2,1H3,(H,28,31)/t11-,17-/m1/s1. The van der Waals surface area contributed by atoms with Gasteiger partial charge in [-0.05, 0) is 29.7 Å². The Bertz CT molecular complexity index is 957. The van der Waals surface area contributed by atoms with Gasteiger partial charge in [0, 0.05) is 19.2 Å². The second kappa shape index (κ2) is 9.35. The van der Waals surface area contributed by atoms with Crippen LogP contribution >= 0.6 is 11.6 Å². The Hall–Kier alpha value is -2.46. The van der Waals surface area contributed by atoms with E-state index in [0.717, 1.165) is 18.6 Å². The van der Waals surface area contributed by atoms with E-state index in [0.29, 0.717) is 24.2 Å². The zero-order valence-electron chi connectivity index (χ0n) is 16.6. The van der Waals surface area contributed by atoms with Gasteiger partial charge in [0.05, 0.1) is 35.8 Å². The minimum atomic E-state index is -4.34. The van der Waals surface area contributed by atoms with Crippen LogP contribution in [-0.2, 0) is 19.4 Å². The van der Waals surface area contributed by atoms with Crippen molar-refractivity contribution in [2.75, 3.05) is 13.2 Å². The van der Waals surface area contributed by atoms with Gasteiger partial charge in [0.25, 0.3) is 0 Å². The summed E-state index contributed by atoms with van der Waals surface area (Å²) in [7, 11) is 0. The normalized spacial score (nSPS) is 15.9. The molecule has 0 bridgehead atoms. The molecule has 3 rings (SSSR count). The molecule has 0 saturated heterocycles. The molecule has 2 aromatic rings. The van der Waals surface area contributed by atoms with Gasteiger partial charge >= 0.3 is 12.2 Å². The molecule has 6 nitrogen and oxygen atoms in total. The number of aliphatic hydroxyl groups is 1. The topological polar surface area (TPSA) is 78.4 Å². The molecule has 0 radical (unpaired) electrons. The molecule has 31 heavy (non-hydrogen) atoms. The summed E-state index contributed by atoms with van der Waals surface area (Å²) in [5, 5.41) is 12.2. The Morgan fingerprint density at radius 3 is 2.77 bits per heavy atom. The van der Waals surface area contributed by atoms with E-state index in [1.807, 2.05) is 0 Å². The second-order valence-corrected chi connectivity index (χ2v) is 7.84. The Kier molecular flexibility index (Phi) is 7.00. The summed E-state index contributed by atoms with van der Waals surface area (Å²) in [5.41, 5.74) is 1.60. The third-order valence-corrected chi connectivity index (χ3v) is 5.46. The van der Waals surface area contributed by atoms with Gasteiger partial charge in [0.15, 0.2) is 0 Å².